The van der Waals surface area contributed by atoms with Gasteiger partial charge in [0.2, 0.25) is 0 Å². The third-order valence-electron chi connectivity index (χ3n) is 4.20. The quantitative estimate of drug-likeness (QED) is 0.823. The molecule has 1 fully saturated rings. The van der Waals surface area contributed by atoms with Crippen LogP contribution in [0, 0.1) is 17.4 Å². The highest BCUT2D eigenvalue weighted by Crippen LogP contribution is 2.36. The molecule has 5 heteroatoms. The molecule has 1 radical (unpaired) electrons. The Bertz CT molecular complexity index is 732. The normalized spacial score (nSPS) is 18.0. The van der Waals surface area contributed by atoms with Crippen molar-refractivity contribution in [3.8, 4) is 6.07 Å². The average Bonchev–Trinajstić information content (AvgIpc) is 3.04. The van der Waals surface area contributed by atoms with Gasteiger partial charge in [-0.05, 0) is 36.2 Å². The molecule has 1 aliphatic rings. The molecule has 1 atom stereocenters. The lowest BCUT2D eigenvalue weighted by molar-refractivity contribution is -0.137. The summed E-state index contributed by atoms with van der Waals surface area (Å²) in [5, 5.41) is 8.86. The van der Waals surface area contributed by atoms with E-state index in [4.69, 9.17) is 5.26 Å². The first-order valence-electron chi connectivity index (χ1n) is 7.31. The molecule has 0 bridgehead atoms. The van der Waals surface area contributed by atoms with Crippen LogP contribution in [-0.2, 0) is 6.18 Å². The highest BCUT2D eigenvalue weighted by Gasteiger charge is 2.35. The third-order valence-corrected chi connectivity index (χ3v) is 4.20. The fraction of sp³-hybridized carbons (Fsp3) is 0.278. The molecule has 1 aliphatic heterocycles. The number of alkyl halides is 3. The lowest BCUT2D eigenvalue weighted by atomic mass is 9.99. The predicted octanol–water partition coefficient (Wildman–Crippen LogP) is 4.37. The van der Waals surface area contributed by atoms with Crippen molar-refractivity contribution in [1.29, 1.82) is 5.26 Å². The summed E-state index contributed by atoms with van der Waals surface area (Å²) >= 11 is 0. The van der Waals surface area contributed by atoms with Crippen LogP contribution in [0.15, 0.2) is 42.5 Å². The molecule has 3 rings (SSSR count). The summed E-state index contributed by atoms with van der Waals surface area (Å²) in [6.45, 7) is 1.37. The van der Waals surface area contributed by atoms with Crippen LogP contribution in [0.5, 0.6) is 0 Å². The predicted molar refractivity (Wildman–Crippen MR) is 81.0 cm³/mol. The van der Waals surface area contributed by atoms with E-state index in [1.807, 2.05) is 29.2 Å². The first-order chi connectivity index (χ1) is 11.0. The van der Waals surface area contributed by atoms with Gasteiger partial charge < -0.3 is 4.90 Å². The van der Waals surface area contributed by atoms with E-state index in [2.05, 4.69) is 6.07 Å². The molecule has 0 saturated carbocycles. The van der Waals surface area contributed by atoms with E-state index in [9.17, 15) is 13.2 Å². The number of nitrogens with zero attached hydrogens (tertiary/aromatic N) is 2. The van der Waals surface area contributed by atoms with Crippen LogP contribution in [0.1, 0.15) is 29.0 Å². The molecule has 1 unspecified atom stereocenters. The van der Waals surface area contributed by atoms with Gasteiger partial charge in [-0.15, -0.1) is 0 Å². The van der Waals surface area contributed by atoms with Gasteiger partial charge in [-0.2, -0.15) is 18.4 Å². The van der Waals surface area contributed by atoms with Gasteiger partial charge in [0.25, 0.3) is 0 Å². The number of benzene rings is 2. The second kappa shape index (κ2) is 5.96. The highest BCUT2D eigenvalue weighted by atomic mass is 19.4. The molecule has 117 valence electrons. The lowest BCUT2D eigenvalue weighted by Gasteiger charge is -2.21. The molecule has 2 aromatic carbocycles. The van der Waals surface area contributed by atoms with Crippen molar-refractivity contribution in [1.82, 2.24) is 0 Å². The first kappa shape index (κ1) is 15.4. The van der Waals surface area contributed by atoms with Crippen molar-refractivity contribution in [3.05, 3.63) is 65.2 Å². The standard InChI is InChI=1S/C18H14F3N2/c19-18(20,21)17-10-16(7-6-14(17)11-22)23-9-8-15(12-23)13-4-2-1-3-5-13/h2-7,10,15H,8-9,12H2. The molecule has 1 saturated heterocycles. The summed E-state index contributed by atoms with van der Waals surface area (Å²) in [7, 11) is 0. The van der Waals surface area contributed by atoms with Gasteiger partial charge in [0.05, 0.1) is 17.2 Å². The number of hydrogen-bond acceptors (Lipinski definition) is 2. The summed E-state index contributed by atoms with van der Waals surface area (Å²) in [6, 6.07) is 16.2. The van der Waals surface area contributed by atoms with E-state index in [-0.39, 0.29) is 5.56 Å². The smallest absolute Gasteiger partial charge is 0.371 e. The Morgan fingerprint density at radius 3 is 2.57 bits per heavy atom. The molecule has 23 heavy (non-hydrogen) atoms. The Hall–Kier alpha value is -2.48. The van der Waals surface area contributed by atoms with E-state index in [0.29, 0.717) is 24.7 Å². The molecular formula is C18H14F3N2. The summed E-state index contributed by atoms with van der Waals surface area (Å²) in [4.78, 5) is 1.94. The van der Waals surface area contributed by atoms with Crippen LogP contribution in [0.3, 0.4) is 0 Å². The topological polar surface area (TPSA) is 27.0 Å². The summed E-state index contributed by atoms with van der Waals surface area (Å²) in [6.07, 6.45) is -3.62. The third kappa shape index (κ3) is 3.16. The SMILES string of the molecule is N#Cc1ccc(N2CCC(c3cc[c]cc3)C2)cc1C(F)(F)F. The zero-order valence-electron chi connectivity index (χ0n) is 12.3. The number of hydrogen-bond donors (Lipinski definition) is 0. The molecule has 2 nitrogen and oxygen atoms in total. The van der Waals surface area contributed by atoms with Gasteiger partial charge in [0.1, 0.15) is 0 Å². The molecule has 0 amide bonds. The average molecular weight is 315 g/mol. The largest absolute Gasteiger partial charge is 0.417 e. The van der Waals surface area contributed by atoms with Crippen LogP contribution in [-0.4, -0.2) is 13.1 Å². The van der Waals surface area contributed by atoms with Crippen molar-refractivity contribution in [2.45, 2.75) is 18.5 Å². The summed E-state index contributed by atoms with van der Waals surface area (Å²) in [5.74, 6) is 0.301. The Labute approximate surface area is 132 Å². The lowest BCUT2D eigenvalue weighted by Crippen LogP contribution is -2.20. The number of rotatable bonds is 2. The van der Waals surface area contributed by atoms with Crippen molar-refractivity contribution in [3.63, 3.8) is 0 Å². The molecule has 0 spiro atoms. The van der Waals surface area contributed by atoms with E-state index >= 15 is 0 Å². The van der Waals surface area contributed by atoms with Crippen LogP contribution in [0.25, 0.3) is 0 Å². The van der Waals surface area contributed by atoms with Crippen molar-refractivity contribution >= 4 is 5.69 Å². The molecule has 1 heterocycles. The number of halogens is 3. The fourth-order valence-corrected chi connectivity index (χ4v) is 3.00. The van der Waals surface area contributed by atoms with Gasteiger partial charge in [-0.25, -0.2) is 0 Å². The zero-order chi connectivity index (χ0) is 16.4. The maximum absolute atomic E-state index is 13.1. The van der Waals surface area contributed by atoms with E-state index in [1.54, 1.807) is 12.1 Å². The Balaban J connectivity index is 1.85. The summed E-state index contributed by atoms with van der Waals surface area (Å²) in [5.41, 5.74) is 0.489. The van der Waals surface area contributed by atoms with Gasteiger partial charge in [0.15, 0.2) is 0 Å². The van der Waals surface area contributed by atoms with Crippen LogP contribution < -0.4 is 4.90 Å². The first-order valence-corrected chi connectivity index (χ1v) is 7.31. The van der Waals surface area contributed by atoms with E-state index in [0.717, 1.165) is 12.5 Å². The zero-order valence-corrected chi connectivity index (χ0v) is 12.3. The molecular weight excluding hydrogens is 301 g/mol. The van der Waals surface area contributed by atoms with Crippen molar-refractivity contribution < 1.29 is 13.2 Å². The second-order valence-electron chi connectivity index (χ2n) is 5.60. The van der Waals surface area contributed by atoms with E-state index < -0.39 is 11.7 Å². The van der Waals surface area contributed by atoms with E-state index in [1.165, 1.54) is 11.6 Å². The number of anilines is 1. The molecule has 0 aliphatic carbocycles. The Morgan fingerprint density at radius 1 is 1.17 bits per heavy atom. The maximum Gasteiger partial charge on any atom is 0.417 e. The maximum atomic E-state index is 13.1. The highest BCUT2D eigenvalue weighted by molar-refractivity contribution is 5.55. The van der Waals surface area contributed by atoms with Crippen LogP contribution in [0.2, 0.25) is 0 Å². The Morgan fingerprint density at radius 2 is 1.91 bits per heavy atom. The molecule has 2 aromatic rings. The van der Waals surface area contributed by atoms with Crippen LogP contribution in [0.4, 0.5) is 18.9 Å². The van der Waals surface area contributed by atoms with Gasteiger partial charge in [-0.3, -0.25) is 0 Å². The van der Waals surface area contributed by atoms with Gasteiger partial charge >= 0.3 is 6.18 Å². The Kier molecular flexibility index (Phi) is 3.99. The van der Waals surface area contributed by atoms with Crippen molar-refractivity contribution in [2.75, 3.05) is 18.0 Å². The molecule has 0 aromatic heterocycles. The minimum atomic E-state index is -4.52. The van der Waals surface area contributed by atoms with Crippen LogP contribution >= 0.6 is 0 Å². The molecule has 0 N–H and O–H groups in total. The fourth-order valence-electron chi connectivity index (χ4n) is 3.00. The second-order valence-corrected chi connectivity index (χ2v) is 5.60. The van der Waals surface area contributed by atoms with Crippen molar-refractivity contribution in [2.24, 2.45) is 0 Å². The summed E-state index contributed by atoms with van der Waals surface area (Å²) < 4.78 is 39.2. The van der Waals surface area contributed by atoms with Gasteiger partial charge in [0, 0.05) is 24.7 Å². The van der Waals surface area contributed by atoms with Gasteiger partial charge in [-0.1, -0.05) is 24.3 Å². The minimum Gasteiger partial charge on any atom is -0.371 e. The monoisotopic (exact) mass is 315 g/mol. The number of nitriles is 1. The minimum absolute atomic E-state index is 0.301.